The molecule has 0 spiro atoms. The summed E-state index contributed by atoms with van der Waals surface area (Å²) in [4.78, 5) is 14.5. The minimum atomic E-state index is -0.252. The van der Waals surface area contributed by atoms with Gasteiger partial charge in [-0.3, -0.25) is 4.79 Å². The fourth-order valence-electron chi connectivity index (χ4n) is 3.12. The molecule has 3 nitrogen and oxygen atoms in total. The molecule has 2 N–H and O–H groups in total. The molecular formula is C17H25FN2O. The number of piperidine rings is 1. The van der Waals surface area contributed by atoms with Crippen molar-refractivity contribution in [1.29, 1.82) is 0 Å². The monoisotopic (exact) mass is 292 g/mol. The number of hydrogen-bond donors (Lipinski definition) is 1. The third kappa shape index (κ3) is 4.03. The Morgan fingerprint density at radius 1 is 1.43 bits per heavy atom. The number of halogens is 1. The third-order valence-electron chi connectivity index (χ3n) is 4.38. The lowest BCUT2D eigenvalue weighted by Gasteiger charge is -2.38. The topological polar surface area (TPSA) is 46.3 Å². The van der Waals surface area contributed by atoms with Gasteiger partial charge in [-0.2, -0.15) is 0 Å². The van der Waals surface area contributed by atoms with Gasteiger partial charge in [0.15, 0.2) is 0 Å². The number of amides is 1. The SMILES string of the molecule is CC(CC(=O)N1CCCCC1C(C)N)c1cccc(F)c1. The quantitative estimate of drug-likeness (QED) is 0.927. The minimum absolute atomic E-state index is 0.00118. The van der Waals surface area contributed by atoms with Gasteiger partial charge in [-0.05, 0) is 49.8 Å². The van der Waals surface area contributed by atoms with E-state index in [2.05, 4.69) is 0 Å². The minimum Gasteiger partial charge on any atom is -0.338 e. The van der Waals surface area contributed by atoms with Crippen molar-refractivity contribution >= 4 is 5.91 Å². The molecule has 0 aliphatic carbocycles. The molecule has 4 heteroatoms. The zero-order valence-corrected chi connectivity index (χ0v) is 12.9. The molecule has 0 saturated carbocycles. The molecule has 116 valence electrons. The van der Waals surface area contributed by atoms with Crippen LogP contribution in [0.2, 0.25) is 0 Å². The van der Waals surface area contributed by atoms with Crippen molar-refractivity contribution in [3.05, 3.63) is 35.6 Å². The molecule has 1 aliphatic rings. The summed E-state index contributed by atoms with van der Waals surface area (Å²) in [5.74, 6) is -0.101. The maximum atomic E-state index is 13.3. The molecule has 1 heterocycles. The summed E-state index contributed by atoms with van der Waals surface area (Å²) in [6.07, 6.45) is 3.57. The van der Waals surface area contributed by atoms with Crippen molar-refractivity contribution in [2.45, 2.75) is 57.5 Å². The van der Waals surface area contributed by atoms with Gasteiger partial charge >= 0.3 is 0 Å². The van der Waals surface area contributed by atoms with E-state index in [1.54, 1.807) is 6.07 Å². The molecule has 1 aromatic carbocycles. The van der Waals surface area contributed by atoms with E-state index < -0.39 is 0 Å². The average Bonchev–Trinajstić information content (AvgIpc) is 2.47. The van der Waals surface area contributed by atoms with Crippen LogP contribution < -0.4 is 5.73 Å². The second kappa shape index (κ2) is 7.03. The largest absolute Gasteiger partial charge is 0.338 e. The van der Waals surface area contributed by atoms with Gasteiger partial charge in [0.1, 0.15) is 5.82 Å². The molecule has 1 aromatic rings. The summed E-state index contributed by atoms with van der Waals surface area (Å²) in [5, 5.41) is 0. The van der Waals surface area contributed by atoms with Gasteiger partial charge in [0.2, 0.25) is 5.91 Å². The second-order valence-corrected chi connectivity index (χ2v) is 6.17. The van der Waals surface area contributed by atoms with Crippen LogP contribution in [0, 0.1) is 5.82 Å². The number of hydrogen-bond acceptors (Lipinski definition) is 2. The normalized spacial score (nSPS) is 21.9. The number of nitrogens with two attached hydrogens (primary N) is 1. The molecule has 21 heavy (non-hydrogen) atoms. The number of rotatable bonds is 4. The first-order chi connectivity index (χ1) is 9.99. The summed E-state index contributed by atoms with van der Waals surface area (Å²) in [7, 11) is 0. The van der Waals surface area contributed by atoms with Crippen molar-refractivity contribution in [3.63, 3.8) is 0 Å². The standard InChI is InChI=1S/C17H25FN2O/c1-12(14-6-5-7-15(18)11-14)10-17(21)20-9-4-3-8-16(20)13(2)19/h5-7,11-13,16H,3-4,8-10,19H2,1-2H3. The number of carbonyl (C=O) groups is 1. The van der Waals surface area contributed by atoms with Crippen LogP contribution in [-0.2, 0) is 4.79 Å². The van der Waals surface area contributed by atoms with Crippen LogP contribution in [0.5, 0.6) is 0 Å². The smallest absolute Gasteiger partial charge is 0.223 e. The lowest BCUT2D eigenvalue weighted by molar-refractivity contribution is -0.135. The molecule has 1 aliphatic heterocycles. The van der Waals surface area contributed by atoms with E-state index in [0.29, 0.717) is 6.42 Å². The Labute approximate surface area is 126 Å². The van der Waals surface area contributed by atoms with Crippen LogP contribution >= 0.6 is 0 Å². The molecular weight excluding hydrogens is 267 g/mol. The Balaban J connectivity index is 2.02. The van der Waals surface area contributed by atoms with Gasteiger partial charge < -0.3 is 10.6 Å². The van der Waals surface area contributed by atoms with Gasteiger partial charge in [-0.15, -0.1) is 0 Å². The number of carbonyl (C=O) groups excluding carboxylic acids is 1. The van der Waals surface area contributed by atoms with E-state index in [1.165, 1.54) is 12.1 Å². The number of nitrogens with zero attached hydrogens (tertiary/aromatic N) is 1. The summed E-state index contributed by atoms with van der Waals surface area (Å²) in [6, 6.07) is 6.65. The molecule has 1 fully saturated rings. The van der Waals surface area contributed by atoms with Gasteiger partial charge in [-0.1, -0.05) is 19.1 Å². The molecule has 0 radical (unpaired) electrons. The number of benzene rings is 1. The molecule has 1 saturated heterocycles. The zero-order chi connectivity index (χ0) is 15.4. The Morgan fingerprint density at radius 3 is 2.86 bits per heavy atom. The highest BCUT2D eigenvalue weighted by atomic mass is 19.1. The van der Waals surface area contributed by atoms with Gasteiger partial charge in [-0.25, -0.2) is 4.39 Å². The zero-order valence-electron chi connectivity index (χ0n) is 12.9. The van der Waals surface area contributed by atoms with Gasteiger partial charge in [0, 0.05) is 25.0 Å². The summed E-state index contributed by atoms with van der Waals surface area (Å²) < 4.78 is 13.3. The predicted molar refractivity (Wildman–Crippen MR) is 82.4 cm³/mol. The van der Waals surface area contributed by atoms with Crippen LogP contribution in [0.15, 0.2) is 24.3 Å². The van der Waals surface area contributed by atoms with Crippen molar-refractivity contribution in [2.24, 2.45) is 5.73 Å². The first-order valence-corrected chi connectivity index (χ1v) is 7.79. The first kappa shape index (κ1) is 16.0. The van der Waals surface area contributed by atoms with E-state index in [4.69, 9.17) is 5.73 Å². The van der Waals surface area contributed by atoms with Crippen LogP contribution in [0.4, 0.5) is 4.39 Å². The van der Waals surface area contributed by atoms with Crippen LogP contribution in [0.3, 0.4) is 0 Å². The maximum absolute atomic E-state index is 13.3. The van der Waals surface area contributed by atoms with Gasteiger partial charge in [0.25, 0.3) is 0 Å². The Morgan fingerprint density at radius 2 is 2.19 bits per heavy atom. The average molecular weight is 292 g/mol. The molecule has 3 atom stereocenters. The van der Waals surface area contributed by atoms with Crippen LogP contribution in [0.25, 0.3) is 0 Å². The summed E-state index contributed by atoms with van der Waals surface area (Å²) in [6.45, 7) is 4.73. The fourth-order valence-corrected chi connectivity index (χ4v) is 3.12. The first-order valence-electron chi connectivity index (χ1n) is 7.79. The van der Waals surface area contributed by atoms with Crippen molar-refractivity contribution < 1.29 is 9.18 Å². The number of likely N-dealkylation sites (tertiary alicyclic amines) is 1. The summed E-state index contributed by atoms with van der Waals surface area (Å²) >= 11 is 0. The van der Waals surface area contributed by atoms with Gasteiger partial charge in [0.05, 0.1) is 0 Å². The Hall–Kier alpha value is -1.42. The third-order valence-corrected chi connectivity index (χ3v) is 4.38. The lowest BCUT2D eigenvalue weighted by atomic mass is 9.93. The van der Waals surface area contributed by atoms with Crippen molar-refractivity contribution in [1.82, 2.24) is 4.90 Å². The highest BCUT2D eigenvalue weighted by Gasteiger charge is 2.29. The van der Waals surface area contributed by atoms with Crippen LogP contribution in [0.1, 0.15) is 51.0 Å². The van der Waals surface area contributed by atoms with Crippen molar-refractivity contribution in [3.8, 4) is 0 Å². The molecule has 0 aromatic heterocycles. The lowest BCUT2D eigenvalue weighted by Crippen LogP contribution is -2.51. The van der Waals surface area contributed by atoms with E-state index in [1.807, 2.05) is 24.8 Å². The Kier molecular flexibility index (Phi) is 5.34. The van der Waals surface area contributed by atoms with Crippen LogP contribution in [-0.4, -0.2) is 29.4 Å². The summed E-state index contributed by atoms with van der Waals surface area (Å²) in [5.41, 5.74) is 6.89. The second-order valence-electron chi connectivity index (χ2n) is 6.17. The molecule has 3 unspecified atom stereocenters. The van der Waals surface area contributed by atoms with E-state index in [9.17, 15) is 9.18 Å². The van der Waals surface area contributed by atoms with E-state index in [-0.39, 0.29) is 29.7 Å². The predicted octanol–water partition coefficient (Wildman–Crippen LogP) is 3.05. The molecule has 2 rings (SSSR count). The Bertz CT molecular complexity index is 489. The fraction of sp³-hybridized carbons (Fsp3) is 0.588. The molecule has 0 bridgehead atoms. The highest BCUT2D eigenvalue weighted by Crippen LogP contribution is 2.25. The van der Waals surface area contributed by atoms with E-state index >= 15 is 0 Å². The van der Waals surface area contributed by atoms with Crippen molar-refractivity contribution in [2.75, 3.05) is 6.54 Å². The highest BCUT2D eigenvalue weighted by molar-refractivity contribution is 5.77. The maximum Gasteiger partial charge on any atom is 0.223 e. The van der Waals surface area contributed by atoms with E-state index in [0.717, 1.165) is 31.4 Å². The molecule has 1 amide bonds.